The summed E-state index contributed by atoms with van der Waals surface area (Å²) in [5, 5.41) is 5.16. The highest BCUT2D eigenvalue weighted by molar-refractivity contribution is 6.25. The summed E-state index contributed by atoms with van der Waals surface area (Å²) in [5.74, 6) is 0.971. The van der Waals surface area contributed by atoms with E-state index in [4.69, 9.17) is 4.98 Å². The summed E-state index contributed by atoms with van der Waals surface area (Å²) in [4.78, 5) is 5.17. The summed E-state index contributed by atoms with van der Waals surface area (Å²) >= 11 is 0. The minimum absolute atomic E-state index is 0.971. The highest BCUT2D eigenvalue weighted by Crippen LogP contribution is 2.44. The lowest BCUT2D eigenvalue weighted by Crippen LogP contribution is -2.11. The van der Waals surface area contributed by atoms with Crippen molar-refractivity contribution in [3.05, 3.63) is 121 Å². The van der Waals surface area contributed by atoms with Crippen molar-refractivity contribution in [1.29, 1.82) is 0 Å². The number of aromatic nitrogens is 4. The Balaban J connectivity index is 1.56. The molecular weight excluding hydrogens is 476 g/mol. The van der Waals surface area contributed by atoms with Crippen LogP contribution in [0, 0.1) is 0 Å². The highest BCUT2D eigenvalue weighted by Gasteiger charge is 2.26. The van der Waals surface area contributed by atoms with Crippen LogP contribution in [0.5, 0.6) is 0 Å². The van der Waals surface area contributed by atoms with Crippen molar-refractivity contribution in [2.24, 2.45) is 0 Å². The van der Waals surface area contributed by atoms with Gasteiger partial charge in [0.05, 0.1) is 49.8 Å². The lowest BCUT2D eigenvalue weighted by atomic mass is 10.0. The van der Waals surface area contributed by atoms with Gasteiger partial charge in [0.15, 0.2) is 0 Å². The van der Waals surface area contributed by atoms with Crippen LogP contribution in [0.1, 0.15) is 0 Å². The second kappa shape index (κ2) is 6.74. The Labute approximate surface area is 222 Å². The maximum absolute atomic E-state index is 5.17. The lowest BCUT2D eigenvalue weighted by Gasteiger charge is -2.24. The molecule has 0 unspecified atom stereocenters. The van der Waals surface area contributed by atoms with Crippen LogP contribution in [0.25, 0.3) is 82.8 Å². The minimum Gasteiger partial charge on any atom is -0.305 e. The van der Waals surface area contributed by atoms with Gasteiger partial charge in [-0.2, -0.15) is 0 Å². The Bertz CT molecular complexity index is 2540. The molecule has 39 heavy (non-hydrogen) atoms. The number of hydrogen-bond acceptors (Lipinski definition) is 1. The summed E-state index contributed by atoms with van der Waals surface area (Å²) in [6.07, 6.45) is 0. The third-order valence-electron chi connectivity index (χ3n) is 8.52. The molecule has 0 bridgehead atoms. The van der Waals surface area contributed by atoms with E-state index in [1.165, 1.54) is 49.3 Å². The molecule has 0 radical (unpaired) electrons. The monoisotopic (exact) mass is 496 g/mol. The zero-order chi connectivity index (χ0) is 25.2. The van der Waals surface area contributed by atoms with Gasteiger partial charge in [-0.05, 0) is 47.2 Å². The first-order valence-corrected chi connectivity index (χ1v) is 13.3. The predicted molar refractivity (Wildman–Crippen MR) is 161 cm³/mol. The third-order valence-corrected chi connectivity index (χ3v) is 8.52. The van der Waals surface area contributed by atoms with Gasteiger partial charge >= 0.3 is 0 Å². The van der Waals surface area contributed by atoms with E-state index in [2.05, 4.69) is 135 Å². The van der Waals surface area contributed by atoms with Crippen LogP contribution in [-0.4, -0.2) is 18.4 Å². The fraction of sp³-hybridized carbons (Fsp3) is 0. The van der Waals surface area contributed by atoms with Crippen LogP contribution >= 0.6 is 0 Å². The van der Waals surface area contributed by atoms with Crippen molar-refractivity contribution in [3.63, 3.8) is 0 Å². The average molecular weight is 497 g/mol. The number of nitrogens with zero attached hydrogens (tertiary/aromatic N) is 4. The lowest BCUT2D eigenvalue weighted by molar-refractivity contribution is 1.09. The number of rotatable bonds is 1. The molecule has 0 N–H and O–H groups in total. The zero-order valence-electron chi connectivity index (χ0n) is 20.8. The largest absolute Gasteiger partial charge is 0.305 e. The number of imidazole rings is 1. The van der Waals surface area contributed by atoms with Crippen LogP contribution in [0.2, 0.25) is 0 Å². The van der Waals surface area contributed by atoms with Gasteiger partial charge < -0.3 is 8.97 Å². The molecule has 4 heteroatoms. The molecule has 0 saturated carbocycles. The summed E-state index contributed by atoms with van der Waals surface area (Å²) in [6, 6.07) is 43.7. The second-order valence-corrected chi connectivity index (χ2v) is 10.5. The van der Waals surface area contributed by atoms with Crippen LogP contribution in [0.3, 0.4) is 0 Å². The normalized spacial score (nSPS) is 12.6. The third kappa shape index (κ3) is 2.25. The fourth-order valence-electron chi connectivity index (χ4n) is 7.03. The van der Waals surface area contributed by atoms with E-state index in [0.29, 0.717) is 0 Å². The van der Waals surface area contributed by atoms with Gasteiger partial charge in [-0.25, -0.2) is 4.98 Å². The number of benzene rings is 6. The van der Waals surface area contributed by atoms with Crippen molar-refractivity contribution < 1.29 is 0 Å². The van der Waals surface area contributed by atoms with Crippen molar-refractivity contribution in [2.45, 2.75) is 0 Å². The quantitative estimate of drug-likeness (QED) is 0.165. The van der Waals surface area contributed by atoms with Gasteiger partial charge in [0.2, 0.25) is 0 Å². The molecule has 0 spiro atoms. The molecule has 4 heterocycles. The van der Waals surface area contributed by atoms with Crippen molar-refractivity contribution in [2.75, 3.05) is 0 Å². The zero-order valence-corrected chi connectivity index (χ0v) is 20.8. The van der Waals surface area contributed by atoms with Crippen molar-refractivity contribution in [1.82, 2.24) is 18.4 Å². The molecule has 2 aromatic heterocycles. The van der Waals surface area contributed by atoms with Crippen LogP contribution in [0.4, 0.5) is 0 Å². The molecule has 8 aromatic rings. The first-order chi connectivity index (χ1) is 19.4. The Morgan fingerprint density at radius 3 is 2.05 bits per heavy atom. The predicted octanol–water partition coefficient (Wildman–Crippen LogP) is 8.69. The molecule has 180 valence electrons. The molecule has 0 amide bonds. The summed E-state index contributed by atoms with van der Waals surface area (Å²) in [5.41, 5.74) is 11.7. The maximum atomic E-state index is 5.17. The molecule has 4 nitrogen and oxygen atoms in total. The van der Waals surface area contributed by atoms with Gasteiger partial charge in [0, 0.05) is 16.3 Å². The van der Waals surface area contributed by atoms with Gasteiger partial charge in [0.25, 0.3) is 0 Å². The van der Waals surface area contributed by atoms with Crippen molar-refractivity contribution in [3.8, 4) is 17.1 Å². The van der Waals surface area contributed by atoms with Crippen LogP contribution in [-0.2, 0) is 0 Å². The van der Waals surface area contributed by atoms with Gasteiger partial charge in [-0.3, -0.25) is 4.40 Å². The summed E-state index contributed by atoms with van der Waals surface area (Å²) in [6.45, 7) is 0. The van der Waals surface area contributed by atoms with Crippen LogP contribution in [0.15, 0.2) is 121 Å². The number of fused-ring (bicyclic) bond motifs is 9. The Morgan fingerprint density at radius 2 is 1.15 bits per heavy atom. The molecule has 2 aliphatic rings. The molecule has 0 atom stereocenters. The maximum Gasteiger partial charge on any atom is 0.145 e. The van der Waals surface area contributed by atoms with Gasteiger partial charge in [-0.1, -0.05) is 84.9 Å². The second-order valence-electron chi connectivity index (χ2n) is 10.5. The standard InChI is InChI=1S/C35H20N4/c1-2-10-22(11-3-1)35-36-25-14-7-16-28-33(25)39(35)30-18-8-17-29-34(30)38(28)27-15-6-13-24-31-23-12-5-4-9-21(23)19-20-26(31)37(29)32(24)27/h1-20H. The van der Waals surface area contributed by atoms with E-state index in [-0.39, 0.29) is 0 Å². The fourth-order valence-corrected chi connectivity index (χ4v) is 7.03. The van der Waals surface area contributed by atoms with Crippen LogP contribution < -0.4 is 0 Å². The van der Waals surface area contributed by atoms with E-state index in [1.54, 1.807) is 0 Å². The molecular formula is C35H20N4. The first kappa shape index (κ1) is 19.7. The smallest absolute Gasteiger partial charge is 0.145 e. The minimum atomic E-state index is 0.971. The van der Waals surface area contributed by atoms with E-state index in [0.717, 1.165) is 33.5 Å². The van der Waals surface area contributed by atoms with E-state index < -0.39 is 0 Å². The number of para-hydroxylation sites is 3. The van der Waals surface area contributed by atoms with Crippen molar-refractivity contribution >= 4 is 65.7 Å². The molecule has 6 aromatic carbocycles. The van der Waals surface area contributed by atoms with E-state index in [9.17, 15) is 0 Å². The van der Waals surface area contributed by atoms with Gasteiger partial charge in [0.1, 0.15) is 5.82 Å². The summed E-state index contributed by atoms with van der Waals surface area (Å²) in [7, 11) is 0. The highest BCUT2D eigenvalue weighted by atomic mass is 15.1. The molecule has 0 fully saturated rings. The summed E-state index contributed by atoms with van der Waals surface area (Å²) < 4.78 is 7.31. The van der Waals surface area contributed by atoms with Gasteiger partial charge in [-0.15, -0.1) is 0 Å². The Kier molecular flexibility index (Phi) is 3.41. The molecule has 10 rings (SSSR count). The molecule has 2 aliphatic heterocycles. The molecule has 0 saturated heterocycles. The topological polar surface area (TPSA) is 26.6 Å². The average Bonchev–Trinajstić information content (AvgIpc) is 3.56. The van der Waals surface area contributed by atoms with E-state index >= 15 is 0 Å². The van der Waals surface area contributed by atoms with E-state index in [1.807, 2.05) is 0 Å². The Hall–Kier alpha value is -5.35. The first-order valence-electron chi connectivity index (χ1n) is 13.3. The Morgan fingerprint density at radius 1 is 0.462 bits per heavy atom. The number of hydrogen-bond donors (Lipinski definition) is 0. The SMILES string of the molecule is c1ccc(-c2nc3cccc4c3n2c2cccc3c2-n4c2cccc4c5c6ccccc6ccc5n3c42)cc1. The molecule has 0 aliphatic carbocycles.